The minimum absolute atomic E-state index is 0.116. The van der Waals surface area contributed by atoms with E-state index in [9.17, 15) is 4.79 Å². The molecule has 3 aromatic heterocycles. The molecule has 8 nitrogen and oxygen atoms in total. The van der Waals surface area contributed by atoms with Crippen molar-refractivity contribution < 1.29 is 9.53 Å². The highest BCUT2D eigenvalue weighted by molar-refractivity contribution is 6.30. The van der Waals surface area contributed by atoms with E-state index in [0.29, 0.717) is 28.8 Å². The average Bonchev–Trinajstić information content (AvgIpc) is 3.25. The number of carbonyl (C=O) groups is 1. The Morgan fingerprint density at radius 3 is 2.72 bits per heavy atom. The smallest absolute Gasteiger partial charge is 0.258 e. The number of aromatic nitrogens is 5. The van der Waals surface area contributed by atoms with Crippen molar-refractivity contribution in [1.82, 2.24) is 29.9 Å². The fourth-order valence-electron chi connectivity index (χ4n) is 3.48. The molecular formula is C20H21ClN6O2. The molecule has 3 aromatic rings. The third-order valence-electron chi connectivity index (χ3n) is 5.00. The molecule has 0 unspecified atom stereocenters. The van der Waals surface area contributed by atoms with Crippen molar-refractivity contribution >= 4 is 17.5 Å². The van der Waals surface area contributed by atoms with Crippen LogP contribution in [-0.2, 0) is 0 Å². The number of nitrogens with zero attached hydrogens (tertiary/aromatic N) is 6. The number of hydrogen-bond acceptors (Lipinski definition) is 6. The van der Waals surface area contributed by atoms with Gasteiger partial charge in [-0.05, 0) is 44.9 Å². The summed E-state index contributed by atoms with van der Waals surface area (Å²) >= 11 is 5.89. The number of likely N-dealkylation sites (tertiary alicyclic amines) is 1. The van der Waals surface area contributed by atoms with Crippen LogP contribution in [0, 0.1) is 6.92 Å². The van der Waals surface area contributed by atoms with Gasteiger partial charge < -0.3 is 9.64 Å². The maximum absolute atomic E-state index is 13.4. The Labute approximate surface area is 173 Å². The number of halogens is 1. The molecule has 1 amide bonds. The van der Waals surface area contributed by atoms with Crippen molar-refractivity contribution in [2.75, 3.05) is 6.54 Å². The number of pyridine rings is 2. The molecule has 0 bridgehead atoms. The van der Waals surface area contributed by atoms with Gasteiger partial charge in [0.15, 0.2) is 5.82 Å². The van der Waals surface area contributed by atoms with E-state index in [1.54, 1.807) is 36.8 Å². The minimum Gasteiger partial charge on any atom is -0.472 e. The summed E-state index contributed by atoms with van der Waals surface area (Å²) in [6.07, 6.45) is 6.19. The Balaban J connectivity index is 1.58. The first-order valence-electron chi connectivity index (χ1n) is 9.46. The van der Waals surface area contributed by atoms with Crippen LogP contribution in [0.25, 0.3) is 5.82 Å². The van der Waals surface area contributed by atoms with Gasteiger partial charge in [-0.3, -0.25) is 4.79 Å². The number of rotatable bonds is 4. The van der Waals surface area contributed by atoms with Crippen LogP contribution in [0.2, 0.25) is 5.02 Å². The first-order valence-corrected chi connectivity index (χ1v) is 9.84. The number of carbonyl (C=O) groups excluding carboxylic acids is 1. The first-order chi connectivity index (χ1) is 14.0. The largest absolute Gasteiger partial charge is 0.472 e. The average molecular weight is 413 g/mol. The second-order valence-corrected chi connectivity index (χ2v) is 7.43. The molecule has 1 saturated heterocycles. The summed E-state index contributed by atoms with van der Waals surface area (Å²) < 4.78 is 6.05. The molecule has 1 fully saturated rings. The topological polar surface area (TPSA) is 86.0 Å². The Kier molecular flexibility index (Phi) is 5.44. The van der Waals surface area contributed by atoms with Crippen LogP contribution in [0.1, 0.15) is 35.8 Å². The molecule has 150 valence electrons. The van der Waals surface area contributed by atoms with Gasteiger partial charge >= 0.3 is 0 Å². The molecule has 1 aliphatic rings. The molecular weight excluding hydrogens is 392 g/mol. The summed E-state index contributed by atoms with van der Waals surface area (Å²) in [5.41, 5.74) is 1.25. The number of ether oxygens (including phenoxy) is 1. The Morgan fingerprint density at radius 2 is 2.00 bits per heavy atom. The lowest BCUT2D eigenvalue weighted by Crippen LogP contribution is -2.51. The molecule has 0 radical (unpaired) electrons. The van der Waals surface area contributed by atoms with Gasteiger partial charge in [-0.1, -0.05) is 11.6 Å². The summed E-state index contributed by atoms with van der Waals surface area (Å²) in [5, 5.41) is 8.84. The standard InChI is InChI=1S/C20H21ClN6O2/c1-13-5-7-16(19(25-13)27-23-9-10-24-27)20(28)26-11-3-4-17(14(26)2)29-18-8-6-15(21)12-22-18/h5-10,12,14,17H,3-4,11H2,1-2H3/t14-,17+/m0/s1. The molecule has 0 saturated carbocycles. The van der Waals surface area contributed by atoms with E-state index >= 15 is 0 Å². The number of amides is 1. The van der Waals surface area contributed by atoms with Gasteiger partial charge in [-0.25, -0.2) is 9.97 Å². The zero-order valence-corrected chi connectivity index (χ0v) is 17.0. The molecule has 0 N–H and O–H groups in total. The van der Waals surface area contributed by atoms with Crippen LogP contribution in [0.15, 0.2) is 42.9 Å². The van der Waals surface area contributed by atoms with E-state index in [4.69, 9.17) is 16.3 Å². The monoisotopic (exact) mass is 412 g/mol. The zero-order chi connectivity index (χ0) is 20.4. The van der Waals surface area contributed by atoms with Crippen LogP contribution in [0.3, 0.4) is 0 Å². The van der Waals surface area contributed by atoms with Crippen LogP contribution in [-0.4, -0.2) is 54.5 Å². The number of aryl methyl sites for hydroxylation is 1. The predicted octanol–water partition coefficient (Wildman–Crippen LogP) is 3.09. The van der Waals surface area contributed by atoms with Crippen molar-refractivity contribution in [1.29, 1.82) is 0 Å². The van der Waals surface area contributed by atoms with Crippen LogP contribution >= 0.6 is 11.6 Å². The van der Waals surface area contributed by atoms with E-state index < -0.39 is 0 Å². The van der Waals surface area contributed by atoms with Crippen molar-refractivity contribution in [2.24, 2.45) is 0 Å². The lowest BCUT2D eigenvalue weighted by molar-refractivity contribution is 0.0266. The van der Waals surface area contributed by atoms with Crippen molar-refractivity contribution in [2.45, 2.75) is 38.8 Å². The third-order valence-corrected chi connectivity index (χ3v) is 5.23. The van der Waals surface area contributed by atoms with E-state index in [-0.39, 0.29) is 18.1 Å². The lowest BCUT2D eigenvalue weighted by atomic mass is 9.99. The zero-order valence-electron chi connectivity index (χ0n) is 16.2. The van der Waals surface area contributed by atoms with E-state index in [1.165, 1.54) is 4.80 Å². The minimum atomic E-state index is -0.161. The summed E-state index contributed by atoms with van der Waals surface area (Å²) in [6, 6.07) is 6.94. The molecule has 0 aromatic carbocycles. The van der Waals surface area contributed by atoms with Crippen LogP contribution < -0.4 is 4.74 Å². The molecule has 2 atom stereocenters. The molecule has 9 heteroatoms. The Bertz CT molecular complexity index is 993. The maximum atomic E-state index is 13.4. The molecule has 0 spiro atoms. The maximum Gasteiger partial charge on any atom is 0.258 e. The van der Waals surface area contributed by atoms with Gasteiger partial charge in [-0.2, -0.15) is 10.2 Å². The number of hydrogen-bond donors (Lipinski definition) is 0. The van der Waals surface area contributed by atoms with Gasteiger partial charge in [0.05, 0.1) is 29.0 Å². The van der Waals surface area contributed by atoms with E-state index in [0.717, 1.165) is 18.5 Å². The first kappa shape index (κ1) is 19.3. The van der Waals surface area contributed by atoms with Crippen molar-refractivity contribution in [3.63, 3.8) is 0 Å². The second kappa shape index (κ2) is 8.16. The SMILES string of the molecule is Cc1ccc(C(=O)N2CCC[C@@H](Oc3ccc(Cl)cn3)[C@@H]2C)c(-n2nccn2)n1. The van der Waals surface area contributed by atoms with E-state index in [2.05, 4.69) is 20.2 Å². The van der Waals surface area contributed by atoms with Gasteiger partial charge in [0.25, 0.3) is 5.91 Å². The fourth-order valence-corrected chi connectivity index (χ4v) is 3.59. The van der Waals surface area contributed by atoms with Crippen LogP contribution in [0.4, 0.5) is 0 Å². The van der Waals surface area contributed by atoms with Gasteiger partial charge in [-0.15, -0.1) is 4.80 Å². The van der Waals surface area contributed by atoms with Crippen molar-refractivity contribution in [3.05, 3.63) is 59.1 Å². The van der Waals surface area contributed by atoms with E-state index in [1.807, 2.05) is 24.8 Å². The molecule has 4 heterocycles. The summed E-state index contributed by atoms with van der Waals surface area (Å²) in [4.78, 5) is 25.3. The highest BCUT2D eigenvalue weighted by atomic mass is 35.5. The summed E-state index contributed by atoms with van der Waals surface area (Å²) in [5.74, 6) is 0.809. The summed E-state index contributed by atoms with van der Waals surface area (Å²) in [6.45, 7) is 4.51. The molecule has 0 aliphatic carbocycles. The lowest BCUT2D eigenvalue weighted by Gasteiger charge is -2.39. The van der Waals surface area contributed by atoms with Crippen molar-refractivity contribution in [3.8, 4) is 11.7 Å². The summed E-state index contributed by atoms with van der Waals surface area (Å²) in [7, 11) is 0. The quantitative estimate of drug-likeness (QED) is 0.654. The second-order valence-electron chi connectivity index (χ2n) is 6.99. The third kappa shape index (κ3) is 4.07. The van der Waals surface area contributed by atoms with Gasteiger partial charge in [0.2, 0.25) is 5.88 Å². The Morgan fingerprint density at radius 1 is 1.21 bits per heavy atom. The predicted molar refractivity (Wildman–Crippen MR) is 107 cm³/mol. The van der Waals surface area contributed by atoms with Gasteiger partial charge in [0.1, 0.15) is 6.10 Å². The fraction of sp³-hybridized carbons (Fsp3) is 0.350. The van der Waals surface area contributed by atoms with Crippen LogP contribution in [0.5, 0.6) is 5.88 Å². The number of piperidine rings is 1. The highest BCUT2D eigenvalue weighted by Crippen LogP contribution is 2.25. The van der Waals surface area contributed by atoms with Gasteiger partial charge in [0, 0.05) is 24.5 Å². The molecule has 1 aliphatic heterocycles. The Hall–Kier alpha value is -3.00. The normalized spacial score (nSPS) is 19.2. The highest BCUT2D eigenvalue weighted by Gasteiger charge is 2.34. The molecule has 4 rings (SSSR count). The molecule has 29 heavy (non-hydrogen) atoms.